The highest BCUT2D eigenvalue weighted by Gasteiger charge is 2.09. The lowest BCUT2D eigenvalue weighted by Crippen LogP contribution is -2.20. The van der Waals surface area contributed by atoms with Gasteiger partial charge in [-0.25, -0.2) is 4.39 Å². The van der Waals surface area contributed by atoms with Crippen LogP contribution in [-0.2, 0) is 6.54 Å². The predicted molar refractivity (Wildman–Crippen MR) is 103 cm³/mol. The number of hydrogen-bond donors (Lipinski definition) is 1. The third-order valence-electron chi connectivity index (χ3n) is 4.16. The Hall–Kier alpha value is -2.63. The van der Waals surface area contributed by atoms with Crippen molar-refractivity contribution in [2.45, 2.75) is 6.54 Å². The van der Waals surface area contributed by atoms with Crippen molar-refractivity contribution in [1.29, 1.82) is 0 Å². The van der Waals surface area contributed by atoms with Crippen LogP contribution in [0.2, 0.25) is 0 Å². The number of rotatable bonds is 7. The summed E-state index contributed by atoms with van der Waals surface area (Å²) in [7, 11) is 0. The second-order valence-corrected chi connectivity index (χ2v) is 6.89. The first-order valence-electron chi connectivity index (χ1n) is 8.41. The summed E-state index contributed by atoms with van der Waals surface area (Å²) in [4.78, 5) is 0. The van der Waals surface area contributed by atoms with E-state index in [4.69, 9.17) is 9.15 Å². The van der Waals surface area contributed by atoms with Crippen molar-refractivity contribution < 1.29 is 13.5 Å². The predicted octanol–water partition coefficient (Wildman–Crippen LogP) is 5.47. The molecule has 0 spiro atoms. The smallest absolute Gasteiger partial charge is 0.123 e. The van der Waals surface area contributed by atoms with Gasteiger partial charge < -0.3 is 14.5 Å². The largest absolute Gasteiger partial charge is 0.492 e. The van der Waals surface area contributed by atoms with Crippen molar-refractivity contribution >= 4 is 21.4 Å². The molecule has 3 nitrogen and oxygen atoms in total. The number of furan rings is 1. The molecular formula is C21H18FNO2S. The lowest BCUT2D eigenvalue weighted by molar-refractivity contribution is 0.314. The molecule has 0 aliphatic carbocycles. The molecule has 26 heavy (non-hydrogen) atoms. The molecule has 4 aromatic rings. The Morgan fingerprint density at radius 1 is 1.08 bits per heavy atom. The maximum Gasteiger partial charge on any atom is 0.123 e. The van der Waals surface area contributed by atoms with E-state index in [0.717, 1.165) is 27.0 Å². The summed E-state index contributed by atoms with van der Waals surface area (Å²) in [6.07, 6.45) is 3.56. The van der Waals surface area contributed by atoms with Crippen LogP contribution in [-0.4, -0.2) is 13.2 Å². The third-order valence-corrected chi connectivity index (χ3v) is 5.08. The highest BCUT2D eigenvalue weighted by Crippen LogP contribution is 2.35. The molecule has 0 unspecified atom stereocenters. The van der Waals surface area contributed by atoms with Crippen LogP contribution in [0.15, 0.2) is 70.9 Å². The Morgan fingerprint density at radius 3 is 2.85 bits per heavy atom. The second-order valence-electron chi connectivity index (χ2n) is 5.98. The molecule has 0 aliphatic rings. The first-order chi connectivity index (χ1) is 12.8. The third kappa shape index (κ3) is 3.79. The van der Waals surface area contributed by atoms with Gasteiger partial charge in [0.1, 0.15) is 24.4 Å². The quantitative estimate of drug-likeness (QED) is 0.440. The van der Waals surface area contributed by atoms with E-state index in [9.17, 15) is 4.39 Å². The summed E-state index contributed by atoms with van der Waals surface area (Å²) in [5.74, 6) is 0.629. The zero-order valence-corrected chi connectivity index (χ0v) is 14.9. The van der Waals surface area contributed by atoms with Crippen LogP contribution in [0.4, 0.5) is 4.39 Å². The Morgan fingerprint density at radius 2 is 1.96 bits per heavy atom. The van der Waals surface area contributed by atoms with E-state index in [-0.39, 0.29) is 5.82 Å². The van der Waals surface area contributed by atoms with Gasteiger partial charge in [-0.05, 0) is 35.4 Å². The van der Waals surface area contributed by atoms with Gasteiger partial charge in [0.2, 0.25) is 0 Å². The van der Waals surface area contributed by atoms with E-state index in [1.807, 2.05) is 12.1 Å². The zero-order valence-electron chi connectivity index (χ0n) is 14.1. The van der Waals surface area contributed by atoms with Crippen molar-refractivity contribution in [2.24, 2.45) is 0 Å². The van der Waals surface area contributed by atoms with E-state index >= 15 is 0 Å². The summed E-state index contributed by atoms with van der Waals surface area (Å²) in [6, 6.07) is 14.6. The van der Waals surface area contributed by atoms with Gasteiger partial charge >= 0.3 is 0 Å². The fourth-order valence-corrected chi connectivity index (χ4v) is 3.72. The van der Waals surface area contributed by atoms with Crippen LogP contribution in [0.3, 0.4) is 0 Å². The zero-order chi connectivity index (χ0) is 17.8. The minimum absolute atomic E-state index is 0.213. The summed E-state index contributed by atoms with van der Waals surface area (Å²) >= 11 is 1.68. The first-order valence-corrected chi connectivity index (χ1v) is 9.29. The van der Waals surface area contributed by atoms with Gasteiger partial charge in [-0.2, -0.15) is 0 Å². The Labute approximate surface area is 155 Å². The SMILES string of the molecule is Fc1ccc(CNCCOc2cccc(-c3csc4cocc34)c2)cc1. The van der Waals surface area contributed by atoms with E-state index in [1.165, 1.54) is 17.7 Å². The molecule has 4 rings (SSSR count). The van der Waals surface area contributed by atoms with Gasteiger partial charge in [0.05, 0.1) is 11.0 Å². The van der Waals surface area contributed by atoms with Gasteiger partial charge in [0.25, 0.3) is 0 Å². The number of fused-ring (bicyclic) bond motifs is 1. The second kappa shape index (κ2) is 7.72. The molecule has 0 radical (unpaired) electrons. The van der Waals surface area contributed by atoms with Gasteiger partial charge in [-0.15, -0.1) is 11.3 Å². The molecule has 0 aliphatic heterocycles. The minimum Gasteiger partial charge on any atom is -0.492 e. The maximum absolute atomic E-state index is 12.9. The minimum atomic E-state index is -0.213. The van der Waals surface area contributed by atoms with Gasteiger partial charge in [0, 0.05) is 29.4 Å². The van der Waals surface area contributed by atoms with Crippen molar-refractivity contribution in [2.75, 3.05) is 13.2 Å². The number of ether oxygens (including phenoxy) is 1. The molecule has 2 aromatic heterocycles. The highest BCUT2D eigenvalue weighted by molar-refractivity contribution is 7.17. The topological polar surface area (TPSA) is 34.4 Å². The highest BCUT2D eigenvalue weighted by atomic mass is 32.1. The summed E-state index contributed by atoms with van der Waals surface area (Å²) in [5.41, 5.74) is 3.34. The van der Waals surface area contributed by atoms with Crippen LogP contribution in [0, 0.1) is 5.82 Å². The van der Waals surface area contributed by atoms with Gasteiger partial charge in [-0.3, -0.25) is 0 Å². The average molecular weight is 367 g/mol. The number of thiophene rings is 1. The van der Waals surface area contributed by atoms with Crippen LogP contribution in [0.1, 0.15) is 5.56 Å². The summed E-state index contributed by atoms with van der Waals surface area (Å²) in [6.45, 7) is 1.97. The molecule has 132 valence electrons. The van der Waals surface area contributed by atoms with E-state index < -0.39 is 0 Å². The summed E-state index contributed by atoms with van der Waals surface area (Å²) < 4.78 is 25.2. The molecule has 0 bridgehead atoms. The molecule has 2 heterocycles. The normalized spacial score (nSPS) is 11.1. The number of nitrogens with one attached hydrogen (secondary N) is 1. The fourth-order valence-electron chi connectivity index (χ4n) is 2.81. The monoisotopic (exact) mass is 367 g/mol. The van der Waals surface area contributed by atoms with Crippen LogP contribution in [0.25, 0.3) is 21.2 Å². The molecule has 0 saturated carbocycles. The molecule has 1 N–H and O–H groups in total. The van der Waals surface area contributed by atoms with Gasteiger partial charge in [-0.1, -0.05) is 24.3 Å². The van der Waals surface area contributed by atoms with Crippen molar-refractivity contribution in [3.63, 3.8) is 0 Å². The molecule has 0 saturated heterocycles. The summed E-state index contributed by atoms with van der Waals surface area (Å²) in [5, 5.41) is 6.57. The van der Waals surface area contributed by atoms with Gasteiger partial charge in [0.15, 0.2) is 0 Å². The van der Waals surface area contributed by atoms with Crippen molar-refractivity contribution in [3.8, 4) is 16.9 Å². The van der Waals surface area contributed by atoms with Crippen LogP contribution < -0.4 is 10.1 Å². The molecular weight excluding hydrogens is 349 g/mol. The standard InChI is InChI=1S/C21H18FNO2S/c22-17-6-4-15(5-7-17)11-23-8-9-25-18-3-1-2-16(10-18)20-14-26-21-13-24-12-19(20)21/h1-7,10,12-14,23H,8-9,11H2. The number of benzene rings is 2. The lowest BCUT2D eigenvalue weighted by atomic mass is 10.1. The van der Waals surface area contributed by atoms with Crippen LogP contribution in [0.5, 0.6) is 5.75 Å². The molecule has 2 aromatic carbocycles. The van der Waals surface area contributed by atoms with Crippen molar-refractivity contribution in [1.82, 2.24) is 5.32 Å². The maximum atomic E-state index is 12.9. The Balaban J connectivity index is 1.31. The molecule has 0 atom stereocenters. The van der Waals surface area contributed by atoms with E-state index in [0.29, 0.717) is 19.7 Å². The van der Waals surface area contributed by atoms with Crippen LogP contribution >= 0.6 is 11.3 Å². The Bertz CT molecular complexity index is 991. The number of hydrogen-bond acceptors (Lipinski definition) is 4. The Kier molecular flexibility index (Phi) is 5.00. The van der Waals surface area contributed by atoms with E-state index in [2.05, 4.69) is 22.8 Å². The van der Waals surface area contributed by atoms with Crippen molar-refractivity contribution in [3.05, 3.63) is 77.8 Å². The lowest BCUT2D eigenvalue weighted by Gasteiger charge is -2.09. The number of halogens is 1. The fraction of sp³-hybridized carbons (Fsp3) is 0.143. The van der Waals surface area contributed by atoms with E-state index in [1.54, 1.807) is 36.0 Å². The molecule has 0 fully saturated rings. The first kappa shape index (κ1) is 16.8. The molecule has 0 amide bonds. The molecule has 5 heteroatoms. The average Bonchev–Trinajstić information content (AvgIpc) is 3.27.